The number of rotatable bonds is 7. The van der Waals surface area contributed by atoms with Crippen LogP contribution in [0.4, 0.5) is 11.4 Å². The lowest BCUT2D eigenvalue weighted by molar-refractivity contribution is 0.333. The Balaban J connectivity index is 1.43. The summed E-state index contributed by atoms with van der Waals surface area (Å²) >= 11 is 4.64. The molecule has 1 atom stereocenters. The van der Waals surface area contributed by atoms with Crippen molar-refractivity contribution in [3.8, 4) is 0 Å². The van der Waals surface area contributed by atoms with Crippen LogP contribution in [0.2, 0.25) is 0 Å². The van der Waals surface area contributed by atoms with E-state index in [0.717, 1.165) is 38.2 Å². The smallest absolute Gasteiger partial charge is 0.145 e. The van der Waals surface area contributed by atoms with Gasteiger partial charge in [0.1, 0.15) is 5.50 Å². The van der Waals surface area contributed by atoms with Crippen LogP contribution in [0, 0.1) is 0 Å². The second-order valence-electron chi connectivity index (χ2n) is 5.96. The summed E-state index contributed by atoms with van der Waals surface area (Å²) in [7, 11) is 2.18. The average Bonchev–Trinajstić information content (AvgIpc) is 2.90. The zero-order valence-corrected chi connectivity index (χ0v) is 14.4. The van der Waals surface area contributed by atoms with Crippen molar-refractivity contribution in [2.75, 3.05) is 36.9 Å². The first-order valence-electron chi connectivity index (χ1n) is 8.13. The van der Waals surface area contributed by atoms with Crippen LogP contribution in [0.15, 0.2) is 48.7 Å². The number of thiol groups is 1. The standard InChI is InChI=1S/C18H24N4S/c1-21(14-10-15-7-4-5-11-19-15)12-6-13-22-17-9-3-2-8-16(17)20-18(22)23/h2-5,7-9,11,18,20,23H,6,10,12-14H2,1H3. The van der Waals surface area contributed by atoms with Crippen LogP contribution in [-0.4, -0.2) is 42.1 Å². The van der Waals surface area contributed by atoms with E-state index in [-0.39, 0.29) is 5.50 Å². The Morgan fingerprint density at radius 1 is 1.17 bits per heavy atom. The average molecular weight is 328 g/mol. The summed E-state index contributed by atoms with van der Waals surface area (Å²) in [6.45, 7) is 3.12. The first kappa shape index (κ1) is 16.1. The third-order valence-electron chi connectivity index (χ3n) is 4.21. The first-order valence-corrected chi connectivity index (χ1v) is 8.64. The minimum absolute atomic E-state index is 0.0752. The predicted molar refractivity (Wildman–Crippen MR) is 100 cm³/mol. The zero-order chi connectivity index (χ0) is 16.1. The van der Waals surface area contributed by atoms with E-state index >= 15 is 0 Å². The number of hydrogen-bond donors (Lipinski definition) is 2. The zero-order valence-electron chi connectivity index (χ0n) is 13.5. The van der Waals surface area contributed by atoms with Crippen LogP contribution in [-0.2, 0) is 6.42 Å². The minimum atomic E-state index is 0.0752. The number of para-hydroxylation sites is 2. The first-order chi connectivity index (χ1) is 11.2. The van der Waals surface area contributed by atoms with Gasteiger partial charge < -0.3 is 15.1 Å². The SMILES string of the molecule is CN(CCCN1c2ccccc2NC1S)CCc1ccccn1. The summed E-state index contributed by atoms with van der Waals surface area (Å²) in [6, 6.07) is 14.5. The monoisotopic (exact) mass is 328 g/mol. The van der Waals surface area contributed by atoms with E-state index in [9.17, 15) is 0 Å². The minimum Gasteiger partial charge on any atom is -0.355 e. The number of nitrogens with zero attached hydrogens (tertiary/aromatic N) is 3. The lowest BCUT2D eigenvalue weighted by Gasteiger charge is -2.24. The van der Waals surface area contributed by atoms with Crippen molar-refractivity contribution in [2.24, 2.45) is 0 Å². The molecule has 0 fully saturated rings. The van der Waals surface area contributed by atoms with Crippen molar-refractivity contribution in [2.45, 2.75) is 18.3 Å². The van der Waals surface area contributed by atoms with E-state index in [2.05, 4.69) is 70.1 Å². The van der Waals surface area contributed by atoms with Gasteiger partial charge in [-0.15, -0.1) is 12.6 Å². The Morgan fingerprint density at radius 3 is 2.83 bits per heavy atom. The van der Waals surface area contributed by atoms with E-state index < -0.39 is 0 Å². The number of aromatic nitrogens is 1. The van der Waals surface area contributed by atoms with Crippen LogP contribution in [0.1, 0.15) is 12.1 Å². The lowest BCUT2D eigenvalue weighted by Crippen LogP contribution is -2.34. The van der Waals surface area contributed by atoms with Gasteiger partial charge in [0, 0.05) is 31.4 Å². The number of likely N-dealkylation sites (N-methyl/N-ethyl adjacent to an activating group) is 1. The van der Waals surface area contributed by atoms with Gasteiger partial charge in [-0.05, 0) is 44.3 Å². The molecule has 0 saturated carbocycles. The van der Waals surface area contributed by atoms with Crippen molar-refractivity contribution in [3.63, 3.8) is 0 Å². The Hall–Kier alpha value is -1.72. The van der Waals surface area contributed by atoms with Gasteiger partial charge in [0.15, 0.2) is 0 Å². The normalized spacial score (nSPS) is 16.5. The highest BCUT2D eigenvalue weighted by Gasteiger charge is 2.24. The van der Waals surface area contributed by atoms with E-state index in [1.807, 2.05) is 18.3 Å². The predicted octanol–water partition coefficient (Wildman–Crippen LogP) is 3.09. The van der Waals surface area contributed by atoms with Gasteiger partial charge in [-0.25, -0.2) is 0 Å². The van der Waals surface area contributed by atoms with Crippen molar-refractivity contribution in [1.82, 2.24) is 9.88 Å². The van der Waals surface area contributed by atoms with Gasteiger partial charge in [0.05, 0.1) is 11.4 Å². The fourth-order valence-electron chi connectivity index (χ4n) is 2.91. The van der Waals surface area contributed by atoms with Crippen molar-refractivity contribution >= 4 is 24.0 Å². The van der Waals surface area contributed by atoms with Gasteiger partial charge in [-0.1, -0.05) is 18.2 Å². The summed E-state index contributed by atoms with van der Waals surface area (Å²) in [4.78, 5) is 9.07. The molecule has 0 radical (unpaired) electrons. The molecule has 1 unspecified atom stereocenters. The molecule has 1 aliphatic rings. The number of fused-ring (bicyclic) bond motifs is 1. The molecule has 0 aliphatic carbocycles. The molecule has 5 heteroatoms. The van der Waals surface area contributed by atoms with E-state index in [1.165, 1.54) is 11.4 Å². The summed E-state index contributed by atoms with van der Waals surface area (Å²) in [5.41, 5.74) is 3.67. The van der Waals surface area contributed by atoms with E-state index in [1.54, 1.807) is 0 Å². The molecule has 1 aliphatic heterocycles. The largest absolute Gasteiger partial charge is 0.355 e. The Bertz CT molecular complexity index is 619. The molecule has 0 spiro atoms. The lowest BCUT2D eigenvalue weighted by atomic mass is 10.2. The van der Waals surface area contributed by atoms with E-state index in [4.69, 9.17) is 0 Å². The van der Waals surface area contributed by atoms with Crippen molar-refractivity contribution < 1.29 is 0 Å². The molecule has 1 N–H and O–H groups in total. The molecular formula is C18H24N4S. The highest BCUT2D eigenvalue weighted by Crippen LogP contribution is 2.35. The number of nitrogens with one attached hydrogen (secondary N) is 1. The van der Waals surface area contributed by atoms with Gasteiger partial charge in [-0.3, -0.25) is 4.98 Å². The van der Waals surface area contributed by atoms with Crippen LogP contribution in [0.3, 0.4) is 0 Å². The summed E-state index contributed by atoms with van der Waals surface area (Å²) in [6.07, 6.45) is 3.98. The molecular weight excluding hydrogens is 304 g/mol. The maximum atomic E-state index is 4.64. The number of pyridine rings is 1. The summed E-state index contributed by atoms with van der Waals surface area (Å²) in [5.74, 6) is 0. The molecule has 4 nitrogen and oxygen atoms in total. The van der Waals surface area contributed by atoms with E-state index in [0.29, 0.717) is 0 Å². The fraction of sp³-hybridized carbons (Fsp3) is 0.389. The van der Waals surface area contributed by atoms with Gasteiger partial charge >= 0.3 is 0 Å². The van der Waals surface area contributed by atoms with Crippen molar-refractivity contribution in [3.05, 3.63) is 54.4 Å². The number of benzene rings is 1. The molecule has 2 heterocycles. The Labute approximate surface area is 143 Å². The molecule has 0 bridgehead atoms. The number of anilines is 2. The molecule has 0 amide bonds. The maximum absolute atomic E-state index is 4.64. The second-order valence-corrected chi connectivity index (χ2v) is 6.45. The molecule has 23 heavy (non-hydrogen) atoms. The summed E-state index contributed by atoms with van der Waals surface area (Å²) in [5, 5.41) is 3.40. The molecule has 0 saturated heterocycles. The third-order valence-corrected chi connectivity index (χ3v) is 4.62. The van der Waals surface area contributed by atoms with Gasteiger partial charge in [0.25, 0.3) is 0 Å². The molecule has 122 valence electrons. The van der Waals surface area contributed by atoms with Crippen molar-refractivity contribution in [1.29, 1.82) is 0 Å². The maximum Gasteiger partial charge on any atom is 0.145 e. The third kappa shape index (κ3) is 4.18. The quantitative estimate of drug-likeness (QED) is 0.765. The van der Waals surface area contributed by atoms with Crippen LogP contribution in [0.5, 0.6) is 0 Å². The second kappa shape index (κ2) is 7.70. The highest BCUT2D eigenvalue weighted by molar-refractivity contribution is 7.81. The highest BCUT2D eigenvalue weighted by atomic mass is 32.1. The van der Waals surface area contributed by atoms with Crippen LogP contribution >= 0.6 is 12.6 Å². The Kier molecular flexibility index (Phi) is 5.41. The summed E-state index contributed by atoms with van der Waals surface area (Å²) < 4.78 is 0. The fourth-order valence-corrected chi connectivity index (χ4v) is 3.29. The number of hydrogen-bond acceptors (Lipinski definition) is 5. The molecule has 2 aromatic rings. The van der Waals surface area contributed by atoms with Gasteiger partial charge in [0.2, 0.25) is 0 Å². The van der Waals surface area contributed by atoms with Crippen LogP contribution < -0.4 is 10.2 Å². The Morgan fingerprint density at radius 2 is 2.00 bits per heavy atom. The topological polar surface area (TPSA) is 31.4 Å². The molecule has 1 aromatic carbocycles. The van der Waals surface area contributed by atoms with Crippen LogP contribution in [0.25, 0.3) is 0 Å². The van der Waals surface area contributed by atoms with Gasteiger partial charge in [-0.2, -0.15) is 0 Å². The molecule has 1 aromatic heterocycles. The molecule has 3 rings (SSSR count).